The minimum Gasteiger partial charge on any atom is -0.441 e. The number of aryl methyl sites for hydroxylation is 2. The fraction of sp³-hybridized carbons (Fsp3) is 0.154. The van der Waals surface area contributed by atoms with Gasteiger partial charge in [0, 0.05) is 31.4 Å². The molecule has 0 fully saturated rings. The summed E-state index contributed by atoms with van der Waals surface area (Å²) < 4.78 is 7.54. The van der Waals surface area contributed by atoms with Crippen LogP contribution in [-0.2, 0) is 7.05 Å². The van der Waals surface area contributed by atoms with Crippen molar-refractivity contribution in [1.29, 1.82) is 0 Å². The van der Waals surface area contributed by atoms with E-state index in [9.17, 15) is 0 Å². The Hall–Kier alpha value is -2.03. The fourth-order valence-corrected chi connectivity index (χ4v) is 1.96. The molecule has 0 unspecified atom stereocenters. The Morgan fingerprint density at radius 3 is 2.88 bits per heavy atom. The number of aromatic nitrogens is 2. The first-order chi connectivity index (χ1) is 7.74. The van der Waals surface area contributed by atoms with Crippen molar-refractivity contribution >= 4 is 11.1 Å². The van der Waals surface area contributed by atoms with Crippen molar-refractivity contribution in [2.45, 2.75) is 6.92 Å². The molecule has 0 amide bonds. The summed E-state index contributed by atoms with van der Waals surface area (Å²) in [5.41, 5.74) is 4.10. The highest BCUT2D eigenvalue weighted by Gasteiger charge is 2.06. The van der Waals surface area contributed by atoms with Crippen molar-refractivity contribution in [1.82, 2.24) is 9.55 Å². The predicted octanol–water partition coefficient (Wildman–Crippen LogP) is 3.14. The molecule has 80 valence electrons. The highest BCUT2D eigenvalue weighted by atomic mass is 16.3. The van der Waals surface area contributed by atoms with Gasteiger partial charge in [-0.1, -0.05) is 0 Å². The van der Waals surface area contributed by atoms with Gasteiger partial charge in [-0.3, -0.25) is 0 Å². The van der Waals surface area contributed by atoms with Crippen LogP contribution in [0, 0.1) is 6.92 Å². The van der Waals surface area contributed by atoms with Gasteiger partial charge in [-0.2, -0.15) is 0 Å². The number of nitrogens with zero attached hydrogens (tertiary/aromatic N) is 2. The second-order valence-corrected chi connectivity index (χ2v) is 3.92. The molecule has 0 atom stereocenters. The number of rotatable bonds is 1. The van der Waals surface area contributed by atoms with E-state index in [2.05, 4.69) is 27.8 Å². The predicted molar refractivity (Wildman–Crippen MR) is 63.2 cm³/mol. The molecule has 0 saturated heterocycles. The molecule has 16 heavy (non-hydrogen) atoms. The zero-order chi connectivity index (χ0) is 11.1. The second kappa shape index (κ2) is 3.23. The van der Waals surface area contributed by atoms with Crippen LogP contribution in [0.15, 0.2) is 40.9 Å². The number of benzene rings is 1. The third-order valence-corrected chi connectivity index (χ3v) is 2.73. The van der Waals surface area contributed by atoms with Crippen molar-refractivity contribution < 1.29 is 4.42 Å². The van der Waals surface area contributed by atoms with E-state index < -0.39 is 0 Å². The van der Waals surface area contributed by atoms with E-state index in [1.54, 1.807) is 0 Å². The van der Waals surface area contributed by atoms with Gasteiger partial charge in [-0.05, 0) is 30.3 Å². The molecule has 3 heteroatoms. The van der Waals surface area contributed by atoms with Crippen molar-refractivity contribution in [3.05, 3.63) is 42.4 Å². The molecule has 1 aromatic carbocycles. The Labute approximate surface area is 93.3 Å². The van der Waals surface area contributed by atoms with Gasteiger partial charge in [-0.15, -0.1) is 0 Å². The smallest absolute Gasteiger partial charge is 0.192 e. The first kappa shape index (κ1) is 9.21. The monoisotopic (exact) mass is 212 g/mol. The second-order valence-electron chi connectivity index (χ2n) is 3.92. The van der Waals surface area contributed by atoms with Gasteiger partial charge < -0.3 is 8.98 Å². The standard InChI is InChI=1S/C13H12N2O/c1-9-14-11-8-10(5-6-13(11)16-9)12-4-3-7-15(12)2/h3-8H,1-2H3. The van der Waals surface area contributed by atoms with Gasteiger partial charge in [-0.25, -0.2) is 4.98 Å². The Balaban J connectivity index is 2.22. The van der Waals surface area contributed by atoms with Gasteiger partial charge in [0.1, 0.15) is 5.52 Å². The van der Waals surface area contributed by atoms with Crippen molar-refractivity contribution in [2.24, 2.45) is 7.05 Å². The number of fused-ring (bicyclic) bond motifs is 1. The van der Waals surface area contributed by atoms with Crippen LogP contribution in [0.2, 0.25) is 0 Å². The summed E-state index contributed by atoms with van der Waals surface area (Å²) in [7, 11) is 2.04. The maximum Gasteiger partial charge on any atom is 0.192 e. The van der Waals surface area contributed by atoms with Gasteiger partial charge >= 0.3 is 0 Å². The molecular formula is C13H12N2O. The molecule has 3 nitrogen and oxygen atoms in total. The summed E-state index contributed by atoms with van der Waals surface area (Å²) >= 11 is 0. The van der Waals surface area contributed by atoms with E-state index >= 15 is 0 Å². The van der Waals surface area contributed by atoms with Gasteiger partial charge in [0.2, 0.25) is 0 Å². The van der Waals surface area contributed by atoms with E-state index in [-0.39, 0.29) is 0 Å². The van der Waals surface area contributed by atoms with Crippen LogP contribution in [0.3, 0.4) is 0 Å². The van der Waals surface area contributed by atoms with Crippen LogP contribution in [0.1, 0.15) is 5.89 Å². The van der Waals surface area contributed by atoms with Crippen molar-refractivity contribution in [3.8, 4) is 11.3 Å². The lowest BCUT2D eigenvalue weighted by Gasteiger charge is -2.02. The summed E-state index contributed by atoms with van der Waals surface area (Å²) in [5.74, 6) is 0.707. The highest BCUT2D eigenvalue weighted by Crippen LogP contribution is 2.24. The molecule has 2 heterocycles. The van der Waals surface area contributed by atoms with Gasteiger partial charge in [0.05, 0.1) is 0 Å². The zero-order valence-electron chi connectivity index (χ0n) is 9.27. The topological polar surface area (TPSA) is 31.0 Å². The van der Waals surface area contributed by atoms with Crippen molar-refractivity contribution in [2.75, 3.05) is 0 Å². The lowest BCUT2D eigenvalue weighted by molar-refractivity contribution is 0.561. The lowest BCUT2D eigenvalue weighted by atomic mass is 10.1. The highest BCUT2D eigenvalue weighted by molar-refractivity contribution is 5.79. The normalized spacial score (nSPS) is 11.1. The van der Waals surface area contributed by atoms with E-state index in [0.29, 0.717) is 5.89 Å². The van der Waals surface area contributed by atoms with Crippen LogP contribution in [-0.4, -0.2) is 9.55 Å². The minimum atomic E-state index is 0.707. The average Bonchev–Trinajstić information content (AvgIpc) is 2.81. The fourth-order valence-electron chi connectivity index (χ4n) is 1.96. The molecule has 0 aliphatic heterocycles. The largest absolute Gasteiger partial charge is 0.441 e. The lowest BCUT2D eigenvalue weighted by Crippen LogP contribution is -1.88. The van der Waals surface area contributed by atoms with Gasteiger partial charge in [0.25, 0.3) is 0 Å². The van der Waals surface area contributed by atoms with Gasteiger partial charge in [0.15, 0.2) is 11.5 Å². The molecule has 0 spiro atoms. The van der Waals surface area contributed by atoms with E-state index in [1.165, 1.54) is 5.69 Å². The van der Waals surface area contributed by atoms with Crippen LogP contribution >= 0.6 is 0 Å². The molecule has 0 aliphatic rings. The van der Waals surface area contributed by atoms with Crippen LogP contribution in [0.4, 0.5) is 0 Å². The molecule has 2 aromatic heterocycles. The third-order valence-electron chi connectivity index (χ3n) is 2.73. The Morgan fingerprint density at radius 2 is 2.12 bits per heavy atom. The summed E-state index contributed by atoms with van der Waals surface area (Å²) in [6.45, 7) is 1.86. The van der Waals surface area contributed by atoms with E-state index in [0.717, 1.165) is 16.7 Å². The van der Waals surface area contributed by atoms with Crippen LogP contribution in [0.5, 0.6) is 0 Å². The van der Waals surface area contributed by atoms with E-state index in [1.807, 2.05) is 32.3 Å². The third kappa shape index (κ3) is 1.33. The minimum absolute atomic E-state index is 0.707. The first-order valence-corrected chi connectivity index (χ1v) is 5.23. The number of hydrogen-bond acceptors (Lipinski definition) is 2. The number of hydrogen-bond donors (Lipinski definition) is 0. The maximum atomic E-state index is 5.45. The zero-order valence-corrected chi connectivity index (χ0v) is 9.27. The van der Waals surface area contributed by atoms with Crippen LogP contribution < -0.4 is 0 Å². The quantitative estimate of drug-likeness (QED) is 0.620. The summed E-state index contributed by atoms with van der Waals surface area (Å²) in [4.78, 5) is 4.34. The molecule has 0 radical (unpaired) electrons. The molecule has 0 saturated carbocycles. The first-order valence-electron chi connectivity index (χ1n) is 5.23. The van der Waals surface area contributed by atoms with Crippen LogP contribution in [0.25, 0.3) is 22.4 Å². The number of oxazole rings is 1. The molecular weight excluding hydrogens is 200 g/mol. The molecule has 3 rings (SSSR count). The SMILES string of the molecule is Cc1nc2cc(-c3cccn3C)ccc2o1. The summed E-state index contributed by atoms with van der Waals surface area (Å²) in [5, 5.41) is 0. The Kier molecular flexibility index (Phi) is 1.86. The average molecular weight is 212 g/mol. The van der Waals surface area contributed by atoms with E-state index in [4.69, 9.17) is 4.42 Å². The molecule has 0 aliphatic carbocycles. The Morgan fingerprint density at radius 1 is 1.25 bits per heavy atom. The molecule has 3 aromatic rings. The summed E-state index contributed by atoms with van der Waals surface area (Å²) in [6, 6.07) is 10.2. The molecule has 0 bridgehead atoms. The maximum absolute atomic E-state index is 5.45. The Bertz CT molecular complexity index is 649. The summed E-state index contributed by atoms with van der Waals surface area (Å²) in [6.07, 6.45) is 2.04. The van der Waals surface area contributed by atoms with Crippen molar-refractivity contribution in [3.63, 3.8) is 0 Å². The molecule has 0 N–H and O–H groups in total.